The van der Waals surface area contributed by atoms with Gasteiger partial charge in [0.15, 0.2) is 0 Å². The van der Waals surface area contributed by atoms with Crippen LogP contribution in [0.25, 0.3) is 10.8 Å². The van der Waals surface area contributed by atoms with Crippen LogP contribution < -0.4 is 10.1 Å². The van der Waals surface area contributed by atoms with Crippen molar-refractivity contribution in [3.05, 3.63) is 72.3 Å². The van der Waals surface area contributed by atoms with Gasteiger partial charge in [0.1, 0.15) is 5.75 Å². The summed E-state index contributed by atoms with van der Waals surface area (Å²) in [7, 11) is 3.54. The number of likely N-dealkylation sites (N-methyl/N-ethyl adjacent to an activating group) is 1. The van der Waals surface area contributed by atoms with E-state index in [1.165, 1.54) is 16.3 Å². The molecule has 0 fully saturated rings. The molecule has 0 aromatic heterocycles. The van der Waals surface area contributed by atoms with E-state index < -0.39 is 0 Å². The highest BCUT2D eigenvalue weighted by Crippen LogP contribution is 2.23. The summed E-state index contributed by atoms with van der Waals surface area (Å²) in [6, 6.07) is 22.1. The molecule has 0 saturated heterocycles. The van der Waals surface area contributed by atoms with Gasteiger partial charge in [-0.15, -0.1) is 0 Å². The first kappa shape index (κ1) is 17.0. The average Bonchev–Trinajstić information content (AvgIpc) is 2.62. The van der Waals surface area contributed by atoms with Gasteiger partial charge in [0.25, 0.3) is 0 Å². The summed E-state index contributed by atoms with van der Waals surface area (Å²) in [6.07, 6.45) is 0. The summed E-state index contributed by atoms with van der Waals surface area (Å²) < 4.78 is 5.26. The van der Waals surface area contributed by atoms with Crippen LogP contribution in [0.2, 0.25) is 0 Å². The normalized spacial score (nSPS) is 10.8. The van der Waals surface area contributed by atoms with Crippen molar-refractivity contribution in [1.29, 1.82) is 0 Å². The lowest BCUT2D eigenvalue weighted by Crippen LogP contribution is -2.29. The maximum atomic E-state index is 12.3. The van der Waals surface area contributed by atoms with Crippen molar-refractivity contribution in [2.45, 2.75) is 6.54 Å². The molecule has 0 radical (unpaired) electrons. The first-order valence-corrected chi connectivity index (χ1v) is 8.25. The molecule has 4 nitrogen and oxygen atoms in total. The predicted octanol–water partition coefficient (Wildman–Crippen LogP) is 3.92. The van der Waals surface area contributed by atoms with Crippen LogP contribution in [0.1, 0.15) is 5.56 Å². The number of nitrogens with zero attached hydrogens (tertiary/aromatic N) is 1. The number of methoxy groups -OCH3 is 1. The van der Waals surface area contributed by atoms with Crippen LogP contribution in [0, 0.1) is 0 Å². The Bertz CT molecular complexity index is 876. The Balaban J connectivity index is 1.61. The van der Waals surface area contributed by atoms with Crippen molar-refractivity contribution in [1.82, 2.24) is 4.90 Å². The van der Waals surface area contributed by atoms with Gasteiger partial charge in [0.05, 0.1) is 19.3 Å². The highest BCUT2D eigenvalue weighted by molar-refractivity contribution is 5.93. The summed E-state index contributed by atoms with van der Waals surface area (Å²) in [4.78, 5) is 14.3. The zero-order valence-electron chi connectivity index (χ0n) is 14.5. The van der Waals surface area contributed by atoms with Gasteiger partial charge in [-0.3, -0.25) is 9.69 Å². The maximum Gasteiger partial charge on any atom is 0.238 e. The van der Waals surface area contributed by atoms with Crippen molar-refractivity contribution >= 4 is 22.4 Å². The number of carbonyl (C=O) groups is 1. The molecule has 1 N–H and O–H groups in total. The number of carbonyl (C=O) groups excluding carboxylic acids is 1. The van der Waals surface area contributed by atoms with Crippen molar-refractivity contribution in [3.63, 3.8) is 0 Å². The lowest BCUT2D eigenvalue weighted by Gasteiger charge is -2.17. The topological polar surface area (TPSA) is 41.6 Å². The Morgan fingerprint density at radius 3 is 2.52 bits per heavy atom. The number of hydrogen-bond donors (Lipinski definition) is 1. The van der Waals surface area contributed by atoms with Crippen LogP contribution in [-0.4, -0.2) is 31.5 Å². The number of hydrogen-bond acceptors (Lipinski definition) is 3. The zero-order valence-corrected chi connectivity index (χ0v) is 14.5. The lowest BCUT2D eigenvalue weighted by molar-refractivity contribution is -0.117. The Hall–Kier alpha value is -2.85. The molecule has 4 heteroatoms. The zero-order chi connectivity index (χ0) is 17.6. The van der Waals surface area contributed by atoms with Crippen LogP contribution in [-0.2, 0) is 11.3 Å². The predicted molar refractivity (Wildman–Crippen MR) is 102 cm³/mol. The van der Waals surface area contributed by atoms with Crippen LogP contribution >= 0.6 is 0 Å². The van der Waals surface area contributed by atoms with Gasteiger partial charge in [-0.05, 0) is 41.6 Å². The summed E-state index contributed by atoms with van der Waals surface area (Å²) in [5.41, 5.74) is 1.88. The molecule has 0 spiro atoms. The minimum atomic E-state index is -0.0622. The van der Waals surface area contributed by atoms with Gasteiger partial charge in [0, 0.05) is 6.54 Å². The van der Waals surface area contributed by atoms with E-state index in [0.717, 1.165) is 0 Å². The third-order valence-corrected chi connectivity index (χ3v) is 4.06. The molecular formula is C21H22N2O2. The first-order chi connectivity index (χ1) is 12.2. The third kappa shape index (κ3) is 4.37. The van der Waals surface area contributed by atoms with Gasteiger partial charge in [-0.25, -0.2) is 0 Å². The van der Waals surface area contributed by atoms with Gasteiger partial charge < -0.3 is 10.1 Å². The second kappa shape index (κ2) is 7.81. The fraction of sp³-hybridized carbons (Fsp3) is 0.190. The number of anilines is 1. The van der Waals surface area contributed by atoms with Gasteiger partial charge in [0.2, 0.25) is 5.91 Å². The van der Waals surface area contributed by atoms with E-state index in [9.17, 15) is 4.79 Å². The molecule has 0 aliphatic carbocycles. The molecule has 3 rings (SSSR count). The highest BCUT2D eigenvalue weighted by atomic mass is 16.5. The van der Waals surface area contributed by atoms with E-state index in [1.807, 2.05) is 48.3 Å². The molecule has 0 atom stereocenters. The Labute approximate surface area is 148 Å². The molecule has 0 saturated carbocycles. The molecule has 1 amide bonds. The average molecular weight is 334 g/mol. The molecule has 3 aromatic rings. The molecule has 128 valence electrons. The monoisotopic (exact) mass is 334 g/mol. The van der Waals surface area contributed by atoms with Crippen molar-refractivity contribution in [2.75, 3.05) is 26.0 Å². The summed E-state index contributed by atoms with van der Waals surface area (Å²) in [6.45, 7) is 1.02. The standard InChI is InChI=1S/C21H22N2O2/c1-23(14-16-11-12-17-7-3-4-8-18(17)13-16)15-21(24)22-19-9-5-6-10-20(19)25-2/h3-13H,14-15H2,1-2H3,(H,22,24). The largest absolute Gasteiger partial charge is 0.495 e. The van der Waals surface area contributed by atoms with E-state index in [4.69, 9.17) is 4.74 Å². The maximum absolute atomic E-state index is 12.3. The number of benzene rings is 3. The minimum Gasteiger partial charge on any atom is -0.495 e. The van der Waals surface area contributed by atoms with Crippen molar-refractivity contribution in [3.8, 4) is 5.75 Å². The van der Waals surface area contributed by atoms with E-state index in [1.54, 1.807) is 7.11 Å². The van der Waals surface area contributed by atoms with E-state index in [2.05, 4.69) is 35.6 Å². The number of amides is 1. The van der Waals surface area contributed by atoms with Crippen LogP contribution in [0.4, 0.5) is 5.69 Å². The highest BCUT2D eigenvalue weighted by Gasteiger charge is 2.10. The second-order valence-corrected chi connectivity index (χ2v) is 6.10. The molecule has 3 aromatic carbocycles. The number of rotatable bonds is 6. The van der Waals surface area contributed by atoms with Crippen LogP contribution in [0.3, 0.4) is 0 Å². The van der Waals surface area contributed by atoms with Crippen LogP contribution in [0.5, 0.6) is 5.75 Å². The molecule has 0 unspecified atom stereocenters. The molecule has 25 heavy (non-hydrogen) atoms. The lowest BCUT2D eigenvalue weighted by atomic mass is 10.1. The number of nitrogens with one attached hydrogen (secondary N) is 1. The quantitative estimate of drug-likeness (QED) is 0.743. The smallest absolute Gasteiger partial charge is 0.238 e. The third-order valence-electron chi connectivity index (χ3n) is 4.06. The Morgan fingerprint density at radius 2 is 1.72 bits per heavy atom. The SMILES string of the molecule is COc1ccccc1NC(=O)CN(C)Cc1ccc2ccccc2c1. The van der Waals surface area contributed by atoms with Crippen molar-refractivity contribution in [2.24, 2.45) is 0 Å². The van der Waals surface area contributed by atoms with E-state index in [-0.39, 0.29) is 5.91 Å². The molecular weight excluding hydrogens is 312 g/mol. The first-order valence-electron chi connectivity index (χ1n) is 8.25. The summed E-state index contributed by atoms with van der Waals surface area (Å²) in [5, 5.41) is 5.34. The Morgan fingerprint density at radius 1 is 1.00 bits per heavy atom. The van der Waals surface area contributed by atoms with Gasteiger partial charge >= 0.3 is 0 Å². The van der Waals surface area contributed by atoms with E-state index in [0.29, 0.717) is 24.5 Å². The second-order valence-electron chi connectivity index (χ2n) is 6.10. The van der Waals surface area contributed by atoms with Gasteiger partial charge in [-0.2, -0.15) is 0 Å². The minimum absolute atomic E-state index is 0.0622. The number of para-hydroxylation sites is 2. The molecule has 0 bridgehead atoms. The van der Waals surface area contributed by atoms with Gasteiger partial charge in [-0.1, -0.05) is 48.5 Å². The number of fused-ring (bicyclic) bond motifs is 1. The van der Waals surface area contributed by atoms with Crippen molar-refractivity contribution < 1.29 is 9.53 Å². The fourth-order valence-electron chi connectivity index (χ4n) is 2.89. The molecule has 0 aliphatic heterocycles. The summed E-state index contributed by atoms with van der Waals surface area (Å²) in [5.74, 6) is 0.598. The summed E-state index contributed by atoms with van der Waals surface area (Å²) >= 11 is 0. The van der Waals surface area contributed by atoms with E-state index >= 15 is 0 Å². The fourth-order valence-corrected chi connectivity index (χ4v) is 2.89. The van der Waals surface area contributed by atoms with Crippen LogP contribution in [0.15, 0.2) is 66.7 Å². The molecule has 0 heterocycles. The number of ether oxygens (including phenoxy) is 1. The molecule has 0 aliphatic rings. The Kier molecular flexibility index (Phi) is 5.31.